The van der Waals surface area contributed by atoms with E-state index >= 15 is 0 Å². The van der Waals surface area contributed by atoms with Gasteiger partial charge in [-0.05, 0) is 36.8 Å². The van der Waals surface area contributed by atoms with Gasteiger partial charge in [-0.25, -0.2) is 0 Å². The number of aromatic nitrogens is 1. The third kappa shape index (κ3) is 7.71. The molecule has 1 aromatic heterocycles. The molecular weight excluding hydrogens is 447 g/mol. The number of rotatable bonds is 9. The molecule has 1 unspecified atom stereocenters. The number of carbonyl (C=O) groups excluding carboxylic acids is 2. The number of pyridine rings is 1. The van der Waals surface area contributed by atoms with Gasteiger partial charge < -0.3 is 15.4 Å². The van der Waals surface area contributed by atoms with E-state index in [1.54, 1.807) is 39.1 Å². The lowest BCUT2D eigenvalue weighted by Crippen LogP contribution is -2.31. The van der Waals surface area contributed by atoms with Crippen molar-refractivity contribution in [1.29, 1.82) is 0 Å². The molecule has 6 nitrogen and oxygen atoms in total. The third-order valence-electron chi connectivity index (χ3n) is 4.51. The lowest BCUT2D eigenvalue weighted by Gasteiger charge is -2.18. The van der Waals surface area contributed by atoms with Gasteiger partial charge in [0.25, 0.3) is 5.91 Å². The molecule has 174 valence electrons. The summed E-state index contributed by atoms with van der Waals surface area (Å²) >= 11 is 6.19. The van der Waals surface area contributed by atoms with Gasteiger partial charge in [0.15, 0.2) is 6.61 Å². The molecule has 1 heterocycles. The van der Waals surface area contributed by atoms with Crippen molar-refractivity contribution in [3.8, 4) is 5.75 Å². The van der Waals surface area contributed by atoms with Crippen LogP contribution >= 0.6 is 11.6 Å². The Morgan fingerprint density at radius 1 is 1.19 bits per heavy atom. The molecule has 32 heavy (non-hydrogen) atoms. The number of nitrogens with one attached hydrogen (secondary N) is 2. The van der Waals surface area contributed by atoms with Crippen molar-refractivity contribution in [3.05, 3.63) is 58.4 Å². The van der Waals surface area contributed by atoms with Crippen LogP contribution in [0.2, 0.25) is 5.02 Å². The zero-order chi connectivity index (χ0) is 23.9. The number of carbonyl (C=O) groups is 2. The molecule has 0 saturated heterocycles. The molecule has 0 aliphatic heterocycles. The number of nitrogens with zero attached hydrogens (tertiary/aromatic N) is 1. The predicted octanol–water partition coefficient (Wildman–Crippen LogP) is 4.48. The minimum atomic E-state index is -4.45. The summed E-state index contributed by atoms with van der Waals surface area (Å²) in [6.07, 6.45) is -2.51. The highest BCUT2D eigenvalue weighted by Gasteiger charge is 2.28. The van der Waals surface area contributed by atoms with Crippen LogP contribution in [0.5, 0.6) is 5.75 Å². The van der Waals surface area contributed by atoms with Crippen LogP contribution in [0.3, 0.4) is 0 Å². The van der Waals surface area contributed by atoms with E-state index in [2.05, 4.69) is 20.4 Å². The van der Waals surface area contributed by atoms with Crippen LogP contribution in [-0.2, 0) is 11.2 Å². The summed E-state index contributed by atoms with van der Waals surface area (Å²) in [6, 6.07) is 6.88. The summed E-state index contributed by atoms with van der Waals surface area (Å²) in [6.45, 7) is 4.20. The summed E-state index contributed by atoms with van der Waals surface area (Å²) in [5.41, 5.74) is 1.41. The second-order valence-corrected chi connectivity index (χ2v) is 7.88. The number of ether oxygens (including phenoxy) is 1. The largest absolute Gasteiger partial charge is 0.484 e. The van der Waals surface area contributed by atoms with Crippen LogP contribution in [0, 0.1) is 5.92 Å². The van der Waals surface area contributed by atoms with Gasteiger partial charge in [0.1, 0.15) is 5.75 Å². The smallest absolute Gasteiger partial charge is 0.422 e. The van der Waals surface area contributed by atoms with Crippen molar-refractivity contribution < 1.29 is 27.5 Å². The molecule has 0 aliphatic carbocycles. The molecule has 10 heteroatoms. The van der Waals surface area contributed by atoms with Crippen LogP contribution in [0.4, 0.5) is 13.2 Å². The maximum absolute atomic E-state index is 12.8. The van der Waals surface area contributed by atoms with Crippen molar-refractivity contribution in [1.82, 2.24) is 15.6 Å². The number of hydrogen-bond acceptors (Lipinski definition) is 4. The van der Waals surface area contributed by atoms with E-state index in [1.807, 2.05) is 0 Å². The molecule has 2 amide bonds. The number of halogens is 4. The normalized spacial score (nSPS) is 12.4. The first kappa shape index (κ1) is 25.5. The van der Waals surface area contributed by atoms with Crippen LogP contribution < -0.4 is 15.4 Å². The van der Waals surface area contributed by atoms with Gasteiger partial charge in [0.2, 0.25) is 5.91 Å². The summed E-state index contributed by atoms with van der Waals surface area (Å²) in [7, 11) is 0. The van der Waals surface area contributed by atoms with Crippen molar-refractivity contribution in [2.45, 2.75) is 39.4 Å². The Kier molecular flexibility index (Phi) is 8.89. The summed E-state index contributed by atoms with van der Waals surface area (Å²) in [5, 5.41) is 5.77. The van der Waals surface area contributed by atoms with E-state index < -0.39 is 18.8 Å². The summed E-state index contributed by atoms with van der Waals surface area (Å²) in [5.74, 6) is -0.632. The van der Waals surface area contributed by atoms with Gasteiger partial charge in [-0.1, -0.05) is 31.5 Å². The lowest BCUT2D eigenvalue weighted by molar-refractivity contribution is -0.153. The SMILES string of the molecule is CC(C)C(=O)NCCc1ncccc1C(=O)NC(C)c1ccc(OCC(F)(F)F)cc1Cl. The van der Waals surface area contributed by atoms with Crippen LogP contribution in [0.15, 0.2) is 36.5 Å². The predicted molar refractivity (Wildman–Crippen MR) is 115 cm³/mol. The molecule has 2 N–H and O–H groups in total. The second-order valence-electron chi connectivity index (χ2n) is 7.48. The number of alkyl halides is 3. The topological polar surface area (TPSA) is 80.3 Å². The molecule has 0 radical (unpaired) electrons. The molecule has 1 atom stereocenters. The minimum absolute atomic E-state index is 0.0207. The summed E-state index contributed by atoms with van der Waals surface area (Å²) in [4.78, 5) is 28.8. The zero-order valence-electron chi connectivity index (χ0n) is 17.9. The Balaban J connectivity index is 2.04. The average Bonchev–Trinajstić information content (AvgIpc) is 2.71. The van der Waals surface area contributed by atoms with E-state index in [1.165, 1.54) is 18.2 Å². The van der Waals surface area contributed by atoms with Gasteiger partial charge in [0, 0.05) is 30.1 Å². The molecule has 0 saturated carbocycles. The fourth-order valence-corrected chi connectivity index (χ4v) is 3.15. The Morgan fingerprint density at radius 2 is 1.91 bits per heavy atom. The van der Waals surface area contributed by atoms with E-state index in [-0.39, 0.29) is 28.5 Å². The fraction of sp³-hybridized carbons (Fsp3) is 0.409. The van der Waals surface area contributed by atoms with Crippen molar-refractivity contribution in [3.63, 3.8) is 0 Å². The highest BCUT2D eigenvalue weighted by Crippen LogP contribution is 2.28. The molecule has 0 aliphatic rings. The third-order valence-corrected chi connectivity index (χ3v) is 4.84. The first-order valence-corrected chi connectivity index (χ1v) is 10.4. The van der Waals surface area contributed by atoms with E-state index in [4.69, 9.17) is 11.6 Å². The van der Waals surface area contributed by atoms with Gasteiger partial charge in [-0.2, -0.15) is 13.2 Å². The van der Waals surface area contributed by atoms with E-state index in [9.17, 15) is 22.8 Å². The molecule has 0 spiro atoms. The quantitative estimate of drug-likeness (QED) is 0.565. The average molecular weight is 472 g/mol. The molecule has 1 aromatic carbocycles. The first-order chi connectivity index (χ1) is 15.0. The Labute approximate surface area is 189 Å². The van der Waals surface area contributed by atoms with E-state index in [0.717, 1.165) is 0 Å². The highest BCUT2D eigenvalue weighted by atomic mass is 35.5. The van der Waals surface area contributed by atoms with Gasteiger partial charge in [-0.15, -0.1) is 0 Å². The number of amides is 2. The number of hydrogen-bond donors (Lipinski definition) is 2. The zero-order valence-corrected chi connectivity index (χ0v) is 18.7. The van der Waals surface area contributed by atoms with Gasteiger partial charge >= 0.3 is 6.18 Å². The minimum Gasteiger partial charge on any atom is -0.484 e. The van der Waals surface area contributed by atoms with Crippen LogP contribution in [0.25, 0.3) is 0 Å². The lowest BCUT2D eigenvalue weighted by atomic mass is 10.1. The molecule has 0 fully saturated rings. The molecular formula is C22H25ClF3N3O3. The van der Waals surface area contributed by atoms with E-state index in [0.29, 0.717) is 29.8 Å². The highest BCUT2D eigenvalue weighted by molar-refractivity contribution is 6.31. The maximum Gasteiger partial charge on any atom is 0.422 e. The van der Waals surface area contributed by atoms with Crippen molar-refractivity contribution >= 4 is 23.4 Å². The maximum atomic E-state index is 12.8. The van der Waals surface area contributed by atoms with Crippen LogP contribution in [-0.4, -0.2) is 36.1 Å². The monoisotopic (exact) mass is 471 g/mol. The van der Waals surface area contributed by atoms with Gasteiger partial charge in [-0.3, -0.25) is 14.6 Å². The van der Waals surface area contributed by atoms with Crippen molar-refractivity contribution in [2.75, 3.05) is 13.2 Å². The molecule has 0 bridgehead atoms. The fourth-order valence-electron chi connectivity index (χ4n) is 2.82. The summed E-state index contributed by atoms with van der Waals surface area (Å²) < 4.78 is 41.6. The van der Waals surface area contributed by atoms with Crippen molar-refractivity contribution in [2.24, 2.45) is 5.92 Å². The Morgan fingerprint density at radius 3 is 2.53 bits per heavy atom. The second kappa shape index (κ2) is 11.2. The Hall–Kier alpha value is -2.81. The molecule has 2 rings (SSSR count). The standard InChI is InChI=1S/C22H25ClF3N3O3/c1-13(2)20(30)28-10-8-19-17(5-4-9-27-19)21(31)29-14(3)16-7-6-15(11-18(16)23)32-12-22(24,25)26/h4-7,9,11,13-14H,8,10,12H2,1-3H3,(H,28,30)(H,29,31). The van der Waals surface area contributed by atoms with Gasteiger partial charge in [0.05, 0.1) is 17.3 Å². The number of benzene rings is 1. The molecule has 2 aromatic rings. The Bertz CT molecular complexity index is 952. The van der Waals surface area contributed by atoms with Crippen LogP contribution in [0.1, 0.15) is 48.4 Å². The first-order valence-electron chi connectivity index (χ1n) is 9.99.